The van der Waals surface area contributed by atoms with Crippen LogP contribution in [0.3, 0.4) is 0 Å². The molecule has 14 heavy (non-hydrogen) atoms. The number of fused-ring (bicyclic) bond motifs is 1. The Hall–Kier alpha value is -0.870. The number of aryl methyl sites for hydroxylation is 2. The van der Waals surface area contributed by atoms with E-state index in [0.717, 1.165) is 21.7 Å². The Balaban J connectivity index is 2.35. The molecular weight excluding hydrogens is 200 g/mol. The van der Waals surface area contributed by atoms with Crippen LogP contribution in [0.5, 0.6) is 0 Å². The fourth-order valence-electron chi connectivity index (χ4n) is 2.03. The van der Waals surface area contributed by atoms with E-state index in [-0.39, 0.29) is 6.42 Å². The van der Waals surface area contributed by atoms with Crippen LogP contribution in [-0.4, -0.2) is 16.2 Å². The number of rotatable bonds is 2. The molecule has 0 amide bonds. The highest BCUT2D eigenvalue weighted by molar-refractivity contribution is 7.12. The molecule has 1 aliphatic carbocycles. The molecule has 1 unspecified atom stereocenters. The summed E-state index contributed by atoms with van der Waals surface area (Å²) in [5.74, 6) is -0.941. The Labute approximate surface area is 86.0 Å². The van der Waals surface area contributed by atoms with Crippen molar-refractivity contribution in [3.8, 4) is 0 Å². The summed E-state index contributed by atoms with van der Waals surface area (Å²) in [6.07, 6.45) is 1.16. The van der Waals surface area contributed by atoms with Crippen molar-refractivity contribution < 1.29 is 15.0 Å². The molecule has 1 atom stereocenters. The van der Waals surface area contributed by atoms with Gasteiger partial charge in [0.1, 0.15) is 5.60 Å². The van der Waals surface area contributed by atoms with E-state index in [1.54, 1.807) is 11.3 Å². The smallest absolute Gasteiger partial charge is 0.306 e. The molecule has 0 aliphatic heterocycles. The van der Waals surface area contributed by atoms with E-state index in [9.17, 15) is 9.90 Å². The summed E-state index contributed by atoms with van der Waals surface area (Å²) in [5, 5.41) is 18.9. The lowest BCUT2D eigenvalue weighted by molar-refractivity contribution is -0.142. The normalized spacial score (nSPS) is 25.0. The minimum atomic E-state index is -1.12. The maximum absolute atomic E-state index is 10.6. The predicted octanol–water partition coefficient (Wildman–Crippen LogP) is 1.67. The van der Waals surface area contributed by atoms with Crippen LogP contribution in [0.4, 0.5) is 0 Å². The van der Waals surface area contributed by atoms with E-state index in [1.807, 2.05) is 13.0 Å². The zero-order valence-electron chi connectivity index (χ0n) is 7.91. The summed E-state index contributed by atoms with van der Waals surface area (Å²) >= 11 is 1.65. The Morgan fingerprint density at radius 3 is 3.07 bits per heavy atom. The summed E-state index contributed by atoms with van der Waals surface area (Å²) in [7, 11) is 0. The van der Waals surface area contributed by atoms with Gasteiger partial charge in [0.05, 0.1) is 6.42 Å². The summed E-state index contributed by atoms with van der Waals surface area (Å²) in [6.45, 7) is 1.98. The van der Waals surface area contributed by atoms with Crippen LogP contribution in [0, 0.1) is 6.92 Å². The van der Waals surface area contributed by atoms with Crippen molar-refractivity contribution in [2.75, 3.05) is 0 Å². The van der Waals surface area contributed by atoms with Gasteiger partial charge in [0.2, 0.25) is 0 Å². The monoisotopic (exact) mass is 212 g/mol. The molecule has 3 nitrogen and oxygen atoms in total. The SMILES string of the molecule is Cc1cc2c(s1)CCC2(O)CC(=O)O. The fourth-order valence-corrected chi connectivity index (χ4v) is 3.16. The zero-order valence-corrected chi connectivity index (χ0v) is 8.73. The molecule has 0 saturated carbocycles. The fraction of sp³-hybridized carbons (Fsp3) is 0.500. The third kappa shape index (κ3) is 1.44. The molecule has 0 bridgehead atoms. The minimum Gasteiger partial charge on any atom is -0.481 e. The molecule has 76 valence electrons. The van der Waals surface area contributed by atoms with Crippen molar-refractivity contribution in [2.24, 2.45) is 0 Å². The van der Waals surface area contributed by atoms with Gasteiger partial charge in [0.15, 0.2) is 0 Å². The number of hydrogen-bond acceptors (Lipinski definition) is 3. The van der Waals surface area contributed by atoms with Crippen LogP contribution in [0.25, 0.3) is 0 Å². The zero-order chi connectivity index (χ0) is 10.3. The summed E-state index contributed by atoms with van der Waals surface area (Å²) in [5.41, 5.74) is -0.284. The lowest BCUT2D eigenvalue weighted by Crippen LogP contribution is -2.25. The van der Waals surface area contributed by atoms with Gasteiger partial charge in [-0.3, -0.25) is 4.79 Å². The van der Waals surface area contributed by atoms with Crippen LogP contribution in [0.15, 0.2) is 6.07 Å². The largest absolute Gasteiger partial charge is 0.481 e. The minimum absolute atomic E-state index is 0.184. The molecule has 2 N–H and O–H groups in total. The Kier molecular flexibility index (Phi) is 2.12. The van der Waals surface area contributed by atoms with Crippen molar-refractivity contribution in [3.63, 3.8) is 0 Å². The van der Waals surface area contributed by atoms with Crippen molar-refractivity contribution in [3.05, 3.63) is 21.4 Å². The highest BCUT2D eigenvalue weighted by Gasteiger charge is 2.39. The maximum atomic E-state index is 10.6. The third-order valence-corrected chi connectivity index (χ3v) is 3.75. The first-order chi connectivity index (χ1) is 6.51. The first kappa shape index (κ1) is 9.68. The molecule has 0 radical (unpaired) electrons. The molecular formula is C10H12O3S. The van der Waals surface area contributed by atoms with Crippen LogP contribution >= 0.6 is 11.3 Å². The molecule has 0 saturated heterocycles. The number of carboxylic acids is 1. The molecule has 0 aromatic carbocycles. The van der Waals surface area contributed by atoms with Gasteiger partial charge in [-0.1, -0.05) is 0 Å². The van der Waals surface area contributed by atoms with E-state index < -0.39 is 11.6 Å². The first-order valence-corrected chi connectivity index (χ1v) is 5.37. The average Bonchev–Trinajstić information content (AvgIpc) is 2.52. The maximum Gasteiger partial charge on any atom is 0.306 e. The van der Waals surface area contributed by atoms with Crippen molar-refractivity contribution in [2.45, 2.75) is 31.8 Å². The average molecular weight is 212 g/mol. The molecule has 1 heterocycles. The van der Waals surface area contributed by atoms with E-state index in [1.165, 1.54) is 0 Å². The number of carbonyl (C=O) groups is 1. The molecule has 1 aromatic rings. The van der Waals surface area contributed by atoms with E-state index in [0.29, 0.717) is 6.42 Å². The molecule has 4 heteroatoms. The Morgan fingerprint density at radius 2 is 2.43 bits per heavy atom. The van der Waals surface area contributed by atoms with Gasteiger partial charge in [-0.15, -0.1) is 11.3 Å². The van der Waals surface area contributed by atoms with Crippen molar-refractivity contribution in [1.82, 2.24) is 0 Å². The summed E-state index contributed by atoms with van der Waals surface area (Å²) < 4.78 is 0. The first-order valence-electron chi connectivity index (χ1n) is 4.55. The Bertz CT molecular complexity index is 383. The van der Waals surface area contributed by atoms with Gasteiger partial charge in [-0.05, 0) is 31.4 Å². The number of aliphatic hydroxyl groups is 1. The van der Waals surface area contributed by atoms with Crippen LogP contribution in [-0.2, 0) is 16.8 Å². The van der Waals surface area contributed by atoms with Gasteiger partial charge in [0.25, 0.3) is 0 Å². The quantitative estimate of drug-likeness (QED) is 0.784. The number of thiophene rings is 1. The third-order valence-electron chi connectivity index (χ3n) is 2.64. The molecule has 1 aromatic heterocycles. The predicted molar refractivity (Wildman–Crippen MR) is 53.5 cm³/mol. The highest BCUT2D eigenvalue weighted by atomic mass is 32.1. The lowest BCUT2D eigenvalue weighted by Gasteiger charge is -2.20. The Morgan fingerprint density at radius 1 is 1.71 bits per heavy atom. The molecule has 0 fully saturated rings. The van der Waals surface area contributed by atoms with E-state index in [4.69, 9.17) is 5.11 Å². The number of hydrogen-bond donors (Lipinski definition) is 2. The topological polar surface area (TPSA) is 57.5 Å². The molecule has 2 rings (SSSR count). The summed E-state index contributed by atoms with van der Waals surface area (Å²) in [4.78, 5) is 12.9. The second-order valence-corrected chi connectivity index (χ2v) is 5.14. The van der Waals surface area contributed by atoms with Gasteiger partial charge in [-0.2, -0.15) is 0 Å². The van der Waals surface area contributed by atoms with Gasteiger partial charge < -0.3 is 10.2 Å². The van der Waals surface area contributed by atoms with Crippen molar-refractivity contribution >= 4 is 17.3 Å². The van der Waals surface area contributed by atoms with Crippen LogP contribution in [0.2, 0.25) is 0 Å². The van der Waals surface area contributed by atoms with Crippen molar-refractivity contribution in [1.29, 1.82) is 0 Å². The van der Waals surface area contributed by atoms with E-state index >= 15 is 0 Å². The van der Waals surface area contributed by atoms with Crippen LogP contribution in [0.1, 0.15) is 28.2 Å². The molecule has 1 aliphatic rings. The number of aliphatic carboxylic acids is 1. The van der Waals surface area contributed by atoms with Gasteiger partial charge in [0, 0.05) is 9.75 Å². The number of carboxylic acid groups (broad SMARTS) is 1. The standard InChI is InChI=1S/C10H12O3S/c1-6-4-7-8(14-6)2-3-10(7,13)5-9(11)12/h4,13H,2-3,5H2,1H3,(H,11,12). The van der Waals surface area contributed by atoms with Crippen LogP contribution < -0.4 is 0 Å². The molecule has 0 spiro atoms. The summed E-state index contributed by atoms with van der Waals surface area (Å²) in [6, 6.07) is 1.91. The second-order valence-electron chi connectivity index (χ2n) is 3.80. The van der Waals surface area contributed by atoms with Gasteiger partial charge >= 0.3 is 5.97 Å². The highest BCUT2D eigenvalue weighted by Crippen LogP contribution is 2.43. The van der Waals surface area contributed by atoms with E-state index in [2.05, 4.69) is 0 Å². The second kappa shape index (κ2) is 3.07. The van der Waals surface area contributed by atoms with Gasteiger partial charge in [-0.25, -0.2) is 0 Å². The lowest BCUT2D eigenvalue weighted by atomic mass is 9.94.